The van der Waals surface area contributed by atoms with Crippen molar-refractivity contribution in [2.45, 2.75) is 64.7 Å². The van der Waals surface area contributed by atoms with E-state index >= 15 is 0 Å². The minimum Gasteiger partial charge on any atom is -0.369 e. The van der Waals surface area contributed by atoms with E-state index in [-0.39, 0.29) is 11.6 Å². The number of rotatable bonds is 5. The highest BCUT2D eigenvalue weighted by Gasteiger charge is 2.25. The van der Waals surface area contributed by atoms with Crippen LogP contribution in [-0.4, -0.2) is 18.2 Å². The molecule has 1 N–H and O–H groups in total. The Hall–Kier alpha value is -0.860. The zero-order chi connectivity index (χ0) is 13.9. The lowest BCUT2D eigenvalue weighted by Gasteiger charge is -2.33. The first-order chi connectivity index (χ1) is 8.96. The summed E-state index contributed by atoms with van der Waals surface area (Å²) < 4.78 is 6.29. The lowest BCUT2D eigenvalue weighted by atomic mass is 9.95. The molecule has 1 atom stereocenters. The zero-order valence-electron chi connectivity index (χ0n) is 12.7. The summed E-state index contributed by atoms with van der Waals surface area (Å²) in [6, 6.07) is 8.57. The van der Waals surface area contributed by atoms with Crippen LogP contribution in [0.3, 0.4) is 0 Å². The maximum atomic E-state index is 6.29. The molecule has 106 valence electrons. The van der Waals surface area contributed by atoms with Crippen LogP contribution in [0.4, 0.5) is 0 Å². The molecule has 1 aliphatic carbocycles. The van der Waals surface area contributed by atoms with Gasteiger partial charge in [0.1, 0.15) is 0 Å². The third-order valence-electron chi connectivity index (χ3n) is 3.76. The van der Waals surface area contributed by atoms with Gasteiger partial charge in [-0.05, 0) is 58.1 Å². The van der Waals surface area contributed by atoms with E-state index in [1.807, 2.05) is 0 Å². The van der Waals surface area contributed by atoms with E-state index in [4.69, 9.17) is 4.74 Å². The molecule has 2 rings (SSSR count). The number of nitrogens with one attached hydrogen (secondary N) is 1. The van der Waals surface area contributed by atoms with Crippen LogP contribution in [0.2, 0.25) is 0 Å². The monoisotopic (exact) mass is 261 g/mol. The highest BCUT2D eigenvalue weighted by molar-refractivity contribution is 5.28. The quantitative estimate of drug-likeness (QED) is 0.865. The summed E-state index contributed by atoms with van der Waals surface area (Å²) in [5.41, 5.74) is 2.78. The van der Waals surface area contributed by atoms with Crippen LogP contribution in [0.25, 0.3) is 0 Å². The van der Waals surface area contributed by atoms with Crippen molar-refractivity contribution in [1.82, 2.24) is 5.32 Å². The van der Waals surface area contributed by atoms with Crippen molar-refractivity contribution in [1.29, 1.82) is 0 Å². The van der Waals surface area contributed by atoms with E-state index in [9.17, 15) is 0 Å². The van der Waals surface area contributed by atoms with E-state index < -0.39 is 0 Å². The van der Waals surface area contributed by atoms with Crippen molar-refractivity contribution >= 4 is 0 Å². The van der Waals surface area contributed by atoms with Crippen LogP contribution >= 0.6 is 0 Å². The van der Waals surface area contributed by atoms with Gasteiger partial charge in [-0.2, -0.15) is 0 Å². The summed E-state index contributed by atoms with van der Waals surface area (Å²) in [4.78, 5) is 0. The number of hydrogen-bond donors (Lipinski definition) is 1. The first-order valence-electron chi connectivity index (χ1n) is 7.42. The van der Waals surface area contributed by atoms with Gasteiger partial charge in [-0.25, -0.2) is 0 Å². The third kappa shape index (κ3) is 4.32. The smallest absolute Gasteiger partial charge is 0.0955 e. The summed E-state index contributed by atoms with van der Waals surface area (Å²) in [5, 5.41) is 3.58. The lowest BCUT2D eigenvalue weighted by molar-refractivity contribution is -0.0540. The fourth-order valence-corrected chi connectivity index (χ4v) is 2.32. The van der Waals surface area contributed by atoms with Crippen LogP contribution in [0.5, 0.6) is 0 Å². The van der Waals surface area contributed by atoms with Gasteiger partial charge in [-0.3, -0.25) is 0 Å². The molecule has 2 nitrogen and oxygen atoms in total. The van der Waals surface area contributed by atoms with Crippen molar-refractivity contribution in [3.8, 4) is 0 Å². The molecule has 19 heavy (non-hydrogen) atoms. The summed E-state index contributed by atoms with van der Waals surface area (Å²) in [6.45, 7) is 9.65. The Balaban J connectivity index is 2.06. The molecule has 0 bridgehead atoms. The predicted molar refractivity (Wildman–Crippen MR) is 80.4 cm³/mol. The molecule has 1 aliphatic rings. The molecule has 2 heteroatoms. The van der Waals surface area contributed by atoms with Gasteiger partial charge in [0.25, 0.3) is 0 Å². The van der Waals surface area contributed by atoms with Crippen molar-refractivity contribution in [2.75, 3.05) is 6.54 Å². The van der Waals surface area contributed by atoms with Gasteiger partial charge >= 0.3 is 0 Å². The van der Waals surface area contributed by atoms with Gasteiger partial charge in [0.05, 0.1) is 12.2 Å². The Bertz CT molecular complexity index is 404. The molecule has 1 fully saturated rings. The molecular weight excluding hydrogens is 234 g/mol. The SMILES string of the molecule is Cc1ccccc1C(CNC(C)(C)C)OC1CCC1. The molecule has 1 unspecified atom stereocenters. The van der Waals surface area contributed by atoms with E-state index in [1.165, 1.54) is 30.4 Å². The van der Waals surface area contributed by atoms with Gasteiger partial charge < -0.3 is 10.1 Å². The van der Waals surface area contributed by atoms with E-state index in [2.05, 4.69) is 57.3 Å². The lowest BCUT2D eigenvalue weighted by Crippen LogP contribution is -2.40. The van der Waals surface area contributed by atoms with Gasteiger partial charge in [-0.1, -0.05) is 24.3 Å². The second-order valence-electron chi connectivity index (χ2n) is 6.67. The number of hydrogen-bond acceptors (Lipinski definition) is 2. The Morgan fingerprint density at radius 3 is 2.47 bits per heavy atom. The summed E-state index contributed by atoms with van der Waals surface area (Å²) in [6.07, 6.45) is 4.39. The van der Waals surface area contributed by atoms with Crippen molar-refractivity contribution in [2.24, 2.45) is 0 Å². The molecule has 0 heterocycles. The highest BCUT2D eigenvalue weighted by atomic mass is 16.5. The van der Waals surface area contributed by atoms with E-state index in [0.29, 0.717) is 6.10 Å². The molecule has 0 aliphatic heterocycles. The molecule has 0 amide bonds. The van der Waals surface area contributed by atoms with Crippen molar-refractivity contribution < 1.29 is 4.74 Å². The maximum Gasteiger partial charge on any atom is 0.0955 e. The topological polar surface area (TPSA) is 21.3 Å². The van der Waals surface area contributed by atoms with Crippen molar-refractivity contribution in [3.05, 3.63) is 35.4 Å². The zero-order valence-corrected chi connectivity index (χ0v) is 12.7. The minimum absolute atomic E-state index is 0.129. The highest BCUT2D eigenvalue weighted by Crippen LogP contribution is 2.30. The van der Waals surface area contributed by atoms with Crippen molar-refractivity contribution in [3.63, 3.8) is 0 Å². The van der Waals surface area contributed by atoms with E-state index in [0.717, 1.165) is 6.54 Å². The molecule has 1 saturated carbocycles. The molecular formula is C17H27NO. The van der Waals surface area contributed by atoms with Gasteiger partial charge in [0.15, 0.2) is 0 Å². The predicted octanol–water partition coefficient (Wildman–Crippen LogP) is 3.99. The average Bonchev–Trinajstić information content (AvgIpc) is 2.27. The third-order valence-corrected chi connectivity index (χ3v) is 3.76. The van der Waals surface area contributed by atoms with Crippen LogP contribution in [0, 0.1) is 6.92 Å². The normalized spacial score (nSPS) is 18.1. The Labute approximate surface area is 117 Å². The number of benzene rings is 1. The van der Waals surface area contributed by atoms with Gasteiger partial charge in [0.2, 0.25) is 0 Å². The summed E-state index contributed by atoms with van der Waals surface area (Å²) in [7, 11) is 0. The van der Waals surface area contributed by atoms with Crippen LogP contribution in [0.15, 0.2) is 24.3 Å². The first-order valence-corrected chi connectivity index (χ1v) is 7.42. The van der Waals surface area contributed by atoms with Crippen LogP contribution in [0.1, 0.15) is 57.3 Å². The number of aryl methyl sites for hydroxylation is 1. The number of ether oxygens (including phenoxy) is 1. The fraction of sp³-hybridized carbons (Fsp3) is 0.647. The second-order valence-corrected chi connectivity index (χ2v) is 6.67. The average molecular weight is 261 g/mol. The Kier molecular flexibility index (Phi) is 4.64. The molecule has 1 aromatic rings. The molecule has 0 aromatic heterocycles. The Morgan fingerprint density at radius 1 is 1.26 bits per heavy atom. The maximum absolute atomic E-state index is 6.29. The standard InChI is InChI=1S/C17H27NO/c1-13-8-5-6-11-15(13)16(12-18-17(2,3)4)19-14-9-7-10-14/h5-6,8,11,14,16,18H,7,9-10,12H2,1-4H3. The Morgan fingerprint density at radius 2 is 1.95 bits per heavy atom. The largest absolute Gasteiger partial charge is 0.369 e. The minimum atomic E-state index is 0.129. The molecule has 0 radical (unpaired) electrons. The van der Waals surface area contributed by atoms with Crippen LogP contribution in [-0.2, 0) is 4.74 Å². The van der Waals surface area contributed by atoms with Crippen LogP contribution < -0.4 is 5.32 Å². The van der Waals surface area contributed by atoms with E-state index in [1.54, 1.807) is 0 Å². The van der Waals surface area contributed by atoms with Gasteiger partial charge in [0, 0.05) is 12.1 Å². The second kappa shape index (κ2) is 6.06. The summed E-state index contributed by atoms with van der Waals surface area (Å²) >= 11 is 0. The first kappa shape index (κ1) is 14.5. The molecule has 0 spiro atoms. The molecule has 0 saturated heterocycles. The summed E-state index contributed by atoms with van der Waals surface area (Å²) in [5.74, 6) is 0. The van der Waals surface area contributed by atoms with Gasteiger partial charge in [-0.15, -0.1) is 0 Å². The fourth-order valence-electron chi connectivity index (χ4n) is 2.32. The molecule has 1 aromatic carbocycles.